The predicted octanol–water partition coefficient (Wildman–Crippen LogP) is 1.51. The Balaban J connectivity index is 2.36. The van der Waals surface area contributed by atoms with Crippen molar-refractivity contribution in [3.63, 3.8) is 0 Å². The second-order valence-electron chi connectivity index (χ2n) is 5.46. The number of amides is 1. The Labute approximate surface area is 103 Å². The molecule has 17 heavy (non-hydrogen) atoms. The highest BCUT2D eigenvalue weighted by molar-refractivity contribution is 5.68. The van der Waals surface area contributed by atoms with E-state index in [0.29, 0.717) is 5.92 Å². The molecule has 0 radical (unpaired) electrons. The number of terminal acetylenes is 1. The van der Waals surface area contributed by atoms with Crippen LogP contribution in [0.25, 0.3) is 0 Å². The molecular weight excluding hydrogens is 216 g/mol. The van der Waals surface area contributed by atoms with Gasteiger partial charge in [-0.05, 0) is 52.6 Å². The number of hydrogen-bond acceptors (Lipinski definition) is 3. The molecule has 1 fully saturated rings. The molecule has 2 atom stereocenters. The average Bonchev–Trinajstić information content (AvgIpc) is 2.66. The summed E-state index contributed by atoms with van der Waals surface area (Å²) < 4.78 is 5.17. The zero-order chi connectivity index (χ0) is 12.9. The predicted molar refractivity (Wildman–Crippen MR) is 67.6 cm³/mol. The zero-order valence-electron chi connectivity index (χ0n) is 10.9. The van der Waals surface area contributed by atoms with Gasteiger partial charge in [-0.2, -0.15) is 0 Å². The maximum Gasteiger partial charge on any atom is 0.408 e. The molecule has 0 bridgehead atoms. The normalized spacial score (nSPS) is 21.6. The third-order valence-electron chi connectivity index (χ3n) is 2.62. The van der Waals surface area contributed by atoms with Crippen molar-refractivity contribution in [1.82, 2.24) is 10.6 Å². The van der Waals surface area contributed by atoms with E-state index in [2.05, 4.69) is 16.6 Å². The Bertz CT molecular complexity index is 296. The standard InChI is InChI=1S/C13H22N2O2/c1-5-11(8-10-6-7-14-9-10)15-12(16)17-13(2,3)4/h1,10-11,14H,6-9H2,2-4H3,(H,15,16)/t10-,11?/m0/s1. The molecule has 0 aromatic carbocycles. The summed E-state index contributed by atoms with van der Waals surface area (Å²) >= 11 is 0. The van der Waals surface area contributed by atoms with Gasteiger partial charge in [-0.25, -0.2) is 4.79 Å². The van der Waals surface area contributed by atoms with Crippen LogP contribution in [0.5, 0.6) is 0 Å². The number of carbonyl (C=O) groups excluding carboxylic acids is 1. The van der Waals surface area contributed by atoms with Crippen LogP contribution in [0, 0.1) is 18.3 Å². The van der Waals surface area contributed by atoms with Crippen molar-refractivity contribution in [2.24, 2.45) is 5.92 Å². The van der Waals surface area contributed by atoms with Gasteiger partial charge in [0.1, 0.15) is 5.60 Å². The van der Waals surface area contributed by atoms with Crippen LogP contribution in [0.15, 0.2) is 0 Å². The van der Waals surface area contributed by atoms with E-state index in [0.717, 1.165) is 25.9 Å². The smallest absolute Gasteiger partial charge is 0.408 e. The number of nitrogens with one attached hydrogen (secondary N) is 2. The first-order valence-corrected chi connectivity index (χ1v) is 6.07. The quantitative estimate of drug-likeness (QED) is 0.733. The first kappa shape index (κ1) is 13.9. The number of carbonyl (C=O) groups is 1. The molecule has 0 spiro atoms. The molecule has 0 saturated carbocycles. The number of hydrogen-bond donors (Lipinski definition) is 2. The maximum atomic E-state index is 11.6. The Morgan fingerprint density at radius 1 is 1.65 bits per heavy atom. The minimum Gasteiger partial charge on any atom is -0.444 e. The summed E-state index contributed by atoms with van der Waals surface area (Å²) in [5.41, 5.74) is -0.488. The summed E-state index contributed by atoms with van der Waals surface area (Å²) in [6.45, 7) is 7.51. The number of ether oxygens (including phenoxy) is 1. The fourth-order valence-corrected chi connectivity index (χ4v) is 1.87. The molecule has 4 heteroatoms. The lowest BCUT2D eigenvalue weighted by Gasteiger charge is -2.22. The van der Waals surface area contributed by atoms with Gasteiger partial charge in [0.15, 0.2) is 0 Å². The van der Waals surface area contributed by atoms with Gasteiger partial charge >= 0.3 is 6.09 Å². The van der Waals surface area contributed by atoms with E-state index in [-0.39, 0.29) is 6.04 Å². The van der Waals surface area contributed by atoms with Crippen LogP contribution in [-0.2, 0) is 4.74 Å². The Kier molecular flexibility index (Phi) is 4.83. The van der Waals surface area contributed by atoms with E-state index in [1.165, 1.54) is 0 Å². The van der Waals surface area contributed by atoms with Gasteiger partial charge < -0.3 is 15.4 Å². The Morgan fingerprint density at radius 2 is 2.35 bits per heavy atom. The van der Waals surface area contributed by atoms with Crippen LogP contribution >= 0.6 is 0 Å². The van der Waals surface area contributed by atoms with Gasteiger partial charge in [0.25, 0.3) is 0 Å². The first-order chi connectivity index (χ1) is 7.90. The van der Waals surface area contributed by atoms with Gasteiger partial charge in [-0.15, -0.1) is 6.42 Å². The van der Waals surface area contributed by atoms with Crippen molar-refractivity contribution >= 4 is 6.09 Å². The van der Waals surface area contributed by atoms with Crippen molar-refractivity contribution in [2.75, 3.05) is 13.1 Å². The second kappa shape index (κ2) is 5.92. The summed E-state index contributed by atoms with van der Waals surface area (Å²) in [5, 5.41) is 6.01. The highest BCUT2D eigenvalue weighted by Crippen LogP contribution is 2.15. The highest BCUT2D eigenvalue weighted by atomic mass is 16.6. The summed E-state index contributed by atoms with van der Waals surface area (Å²) in [4.78, 5) is 11.6. The number of alkyl carbamates (subject to hydrolysis) is 1. The zero-order valence-corrected chi connectivity index (χ0v) is 10.9. The Morgan fingerprint density at radius 3 is 2.82 bits per heavy atom. The van der Waals surface area contributed by atoms with Crippen LogP contribution < -0.4 is 10.6 Å². The van der Waals surface area contributed by atoms with E-state index in [4.69, 9.17) is 11.2 Å². The van der Waals surface area contributed by atoms with Crippen molar-refractivity contribution in [3.8, 4) is 12.3 Å². The molecule has 2 N–H and O–H groups in total. The van der Waals surface area contributed by atoms with Crippen LogP contribution in [-0.4, -0.2) is 30.8 Å². The lowest BCUT2D eigenvalue weighted by molar-refractivity contribution is 0.0512. The Hall–Kier alpha value is -1.21. The van der Waals surface area contributed by atoms with Gasteiger partial charge in [-0.1, -0.05) is 5.92 Å². The molecule has 0 aliphatic carbocycles. The molecule has 1 amide bonds. The molecule has 4 nitrogen and oxygen atoms in total. The largest absolute Gasteiger partial charge is 0.444 e. The van der Waals surface area contributed by atoms with Crippen molar-refractivity contribution < 1.29 is 9.53 Å². The van der Waals surface area contributed by atoms with Crippen LogP contribution in [0.2, 0.25) is 0 Å². The topological polar surface area (TPSA) is 50.4 Å². The van der Waals surface area contributed by atoms with Crippen molar-refractivity contribution in [1.29, 1.82) is 0 Å². The molecule has 0 aromatic heterocycles. The lowest BCUT2D eigenvalue weighted by atomic mass is 10.00. The summed E-state index contributed by atoms with van der Waals surface area (Å²) in [6.07, 6.45) is 6.91. The van der Waals surface area contributed by atoms with E-state index in [9.17, 15) is 4.79 Å². The third-order valence-corrected chi connectivity index (χ3v) is 2.62. The van der Waals surface area contributed by atoms with E-state index in [1.54, 1.807) is 0 Å². The minimum atomic E-state index is -0.488. The molecule has 0 aromatic rings. The molecule has 1 aliphatic rings. The number of rotatable bonds is 3. The average molecular weight is 238 g/mol. The van der Waals surface area contributed by atoms with Crippen molar-refractivity contribution in [3.05, 3.63) is 0 Å². The third kappa shape index (κ3) is 5.60. The monoisotopic (exact) mass is 238 g/mol. The summed E-state index contributed by atoms with van der Waals surface area (Å²) in [5.74, 6) is 3.15. The SMILES string of the molecule is C#CC(C[C@@H]1CCNC1)NC(=O)OC(C)(C)C. The molecule has 1 rings (SSSR count). The molecule has 1 unspecified atom stereocenters. The van der Waals surface area contributed by atoms with Gasteiger partial charge in [-0.3, -0.25) is 0 Å². The summed E-state index contributed by atoms with van der Waals surface area (Å²) in [6, 6.07) is -0.241. The van der Waals surface area contributed by atoms with Gasteiger partial charge in [0.2, 0.25) is 0 Å². The highest BCUT2D eigenvalue weighted by Gasteiger charge is 2.22. The lowest BCUT2D eigenvalue weighted by Crippen LogP contribution is -2.39. The van der Waals surface area contributed by atoms with Crippen molar-refractivity contribution in [2.45, 2.75) is 45.3 Å². The second-order valence-corrected chi connectivity index (χ2v) is 5.46. The van der Waals surface area contributed by atoms with Gasteiger partial charge in [0.05, 0.1) is 6.04 Å². The fraction of sp³-hybridized carbons (Fsp3) is 0.769. The van der Waals surface area contributed by atoms with Crippen LogP contribution in [0.4, 0.5) is 4.79 Å². The molecule has 1 aliphatic heterocycles. The first-order valence-electron chi connectivity index (χ1n) is 6.07. The molecule has 1 heterocycles. The van der Waals surface area contributed by atoms with Crippen LogP contribution in [0.1, 0.15) is 33.6 Å². The van der Waals surface area contributed by atoms with E-state index >= 15 is 0 Å². The van der Waals surface area contributed by atoms with E-state index in [1.807, 2.05) is 20.8 Å². The minimum absolute atomic E-state index is 0.241. The fourth-order valence-electron chi connectivity index (χ4n) is 1.87. The molecular formula is C13H22N2O2. The van der Waals surface area contributed by atoms with Crippen LogP contribution in [0.3, 0.4) is 0 Å². The maximum absolute atomic E-state index is 11.6. The van der Waals surface area contributed by atoms with Gasteiger partial charge in [0, 0.05) is 0 Å². The van der Waals surface area contributed by atoms with E-state index < -0.39 is 11.7 Å². The molecule has 96 valence electrons. The molecule has 1 saturated heterocycles. The summed E-state index contributed by atoms with van der Waals surface area (Å²) in [7, 11) is 0.